The predicted molar refractivity (Wildman–Crippen MR) is 91.6 cm³/mol. The molecule has 0 spiro atoms. The van der Waals surface area contributed by atoms with Crippen molar-refractivity contribution in [3.05, 3.63) is 41.5 Å². The van der Waals surface area contributed by atoms with Gasteiger partial charge in [-0.2, -0.15) is 4.98 Å². The SMILES string of the molecule is CC(C)c1nc([C@@H]2CCCN(C(=O)[C@H]3COc4ccccc43)C2)no1. The minimum absolute atomic E-state index is 0.141. The molecule has 3 heterocycles. The second-order valence-electron chi connectivity index (χ2n) is 7.17. The molecule has 0 N–H and O–H groups in total. The maximum atomic E-state index is 13.0. The number of piperidine rings is 1. The van der Waals surface area contributed by atoms with Crippen LogP contribution < -0.4 is 4.74 Å². The van der Waals surface area contributed by atoms with E-state index < -0.39 is 0 Å². The molecule has 1 aromatic carbocycles. The normalized spacial score (nSPS) is 22.8. The van der Waals surface area contributed by atoms with E-state index in [0.29, 0.717) is 19.0 Å². The third-order valence-electron chi connectivity index (χ3n) is 5.05. The first-order valence-corrected chi connectivity index (χ1v) is 8.97. The second kappa shape index (κ2) is 6.50. The van der Waals surface area contributed by atoms with Gasteiger partial charge in [0.05, 0.1) is 0 Å². The molecule has 4 rings (SSSR count). The molecule has 132 valence electrons. The minimum Gasteiger partial charge on any atom is -0.492 e. The fourth-order valence-corrected chi connectivity index (χ4v) is 3.62. The maximum absolute atomic E-state index is 13.0. The molecule has 6 nitrogen and oxygen atoms in total. The number of likely N-dealkylation sites (tertiary alicyclic amines) is 1. The number of nitrogens with zero attached hydrogens (tertiary/aromatic N) is 3. The van der Waals surface area contributed by atoms with Crippen LogP contribution in [0.4, 0.5) is 0 Å². The summed E-state index contributed by atoms with van der Waals surface area (Å²) in [6.07, 6.45) is 1.94. The Balaban J connectivity index is 1.48. The molecule has 1 saturated heterocycles. The zero-order valence-corrected chi connectivity index (χ0v) is 14.6. The Kier molecular flexibility index (Phi) is 4.19. The highest BCUT2D eigenvalue weighted by molar-refractivity contribution is 5.85. The van der Waals surface area contributed by atoms with Gasteiger partial charge in [-0.15, -0.1) is 0 Å². The number of benzene rings is 1. The molecule has 2 atom stereocenters. The number of amides is 1. The number of carbonyl (C=O) groups is 1. The molecule has 0 saturated carbocycles. The van der Waals surface area contributed by atoms with E-state index in [9.17, 15) is 4.79 Å². The van der Waals surface area contributed by atoms with Crippen LogP contribution in [0.2, 0.25) is 0 Å². The molecule has 0 bridgehead atoms. The van der Waals surface area contributed by atoms with Crippen LogP contribution in [0.15, 0.2) is 28.8 Å². The van der Waals surface area contributed by atoms with Crippen LogP contribution in [0.3, 0.4) is 0 Å². The van der Waals surface area contributed by atoms with Crippen molar-refractivity contribution in [1.82, 2.24) is 15.0 Å². The lowest BCUT2D eigenvalue weighted by Crippen LogP contribution is -2.42. The molecule has 1 aromatic heterocycles. The summed E-state index contributed by atoms with van der Waals surface area (Å²) in [5, 5.41) is 4.14. The first kappa shape index (κ1) is 16.1. The third-order valence-corrected chi connectivity index (χ3v) is 5.05. The molecule has 2 aliphatic heterocycles. The summed E-state index contributed by atoms with van der Waals surface area (Å²) in [6, 6.07) is 7.81. The Labute approximate surface area is 147 Å². The van der Waals surface area contributed by atoms with Gasteiger partial charge in [-0.05, 0) is 18.9 Å². The van der Waals surface area contributed by atoms with Gasteiger partial charge in [0.25, 0.3) is 0 Å². The van der Waals surface area contributed by atoms with E-state index in [0.717, 1.165) is 36.5 Å². The number of rotatable bonds is 3. The summed E-state index contributed by atoms with van der Waals surface area (Å²) < 4.78 is 11.0. The minimum atomic E-state index is -0.202. The van der Waals surface area contributed by atoms with Gasteiger partial charge in [0.2, 0.25) is 11.8 Å². The van der Waals surface area contributed by atoms with Crippen molar-refractivity contribution in [2.75, 3.05) is 19.7 Å². The van der Waals surface area contributed by atoms with E-state index in [2.05, 4.69) is 10.1 Å². The number of hydrogen-bond donors (Lipinski definition) is 0. The molecular weight excluding hydrogens is 318 g/mol. The Bertz CT molecular complexity index is 771. The molecule has 0 unspecified atom stereocenters. The van der Waals surface area contributed by atoms with Crippen LogP contribution in [-0.2, 0) is 4.79 Å². The van der Waals surface area contributed by atoms with Gasteiger partial charge in [-0.25, -0.2) is 0 Å². The monoisotopic (exact) mass is 341 g/mol. The number of fused-ring (bicyclic) bond motifs is 1. The smallest absolute Gasteiger partial charge is 0.233 e. The van der Waals surface area contributed by atoms with Gasteiger partial charge in [0, 0.05) is 30.5 Å². The van der Waals surface area contributed by atoms with Crippen LogP contribution in [0, 0.1) is 0 Å². The van der Waals surface area contributed by atoms with Crippen molar-refractivity contribution in [3.63, 3.8) is 0 Å². The average molecular weight is 341 g/mol. The lowest BCUT2D eigenvalue weighted by atomic mass is 9.94. The largest absolute Gasteiger partial charge is 0.492 e. The first-order valence-electron chi connectivity index (χ1n) is 8.97. The number of ether oxygens (including phenoxy) is 1. The zero-order chi connectivity index (χ0) is 17.4. The number of hydrogen-bond acceptors (Lipinski definition) is 5. The number of carbonyl (C=O) groups excluding carboxylic acids is 1. The topological polar surface area (TPSA) is 68.5 Å². The van der Waals surface area contributed by atoms with Gasteiger partial charge < -0.3 is 14.2 Å². The molecule has 2 aliphatic rings. The van der Waals surface area contributed by atoms with Crippen LogP contribution in [-0.4, -0.2) is 40.6 Å². The van der Waals surface area contributed by atoms with E-state index in [-0.39, 0.29) is 23.7 Å². The summed E-state index contributed by atoms with van der Waals surface area (Å²) >= 11 is 0. The highest BCUT2D eigenvalue weighted by atomic mass is 16.5. The fraction of sp³-hybridized carbons (Fsp3) is 0.526. The van der Waals surface area contributed by atoms with Crippen LogP contribution >= 0.6 is 0 Å². The molecule has 25 heavy (non-hydrogen) atoms. The number of aromatic nitrogens is 2. The van der Waals surface area contributed by atoms with Crippen molar-refractivity contribution in [2.45, 2.75) is 44.4 Å². The highest BCUT2D eigenvalue weighted by Gasteiger charge is 2.36. The van der Waals surface area contributed by atoms with Gasteiger partial charge >= 0.3 is 0 Å². The van der Waals surface area contributed by atoms with E-state index in [1.54, 1.807) is 0 Å². The van der Waals surface area contributed by atoms with Crippen LogP contribution in [0.1, 0.15) is 61.7 Å². The van der Waals surface area contributed by atoms with Crippen molar-refractivity contribution >= 4 is 5.91 Å². The van der Waals surface area contributed by atoms with E-state index >= 15 is 0 Å². The van der Waals surface area contributed by atoms with E-state index in [4.69, 9.17) is 9.26 Å². The molecule has 0 radical (unpaired) electrons. The standard InChI is InChI=1S/C19H23N3O3/c1-12(2)18-20-17(21-25-18)13-6-5-9-22(10-13)19(23)15-11-24-16-8-4-3-7-14(15)16/h3-4,7-8,12-13,15H,5-6,9-11H2,1-2H3/t13-,15+/m1/s1. The van der Waals surface area contributed by atoms with Crippen molar-refractivity contribution in [3.8, 4) is 5.75 Å². The third kappa shape index (κ3) is 3.01. The first-order chi connectivity index (χ1) is 12.1. The Hall–Kier alpha value is -2.37. The summed E-state index contributed by atoms with van der Waals surface area (Å²) in [4.78, 5) is 19.5. The van der Waals surface area contributed by atoms with E-state index in [1.807, 2.05) is 43.0 Å². The Morgan fingerprint density at radius 1 is 1.32 bits per heavy atom. The highest BCUT2D eigenvalue weighted by Crippen LogP contribution is 2.36. The van der Waals surface area contributed by atoms with Gasteiger partial charge in [0.15, 0.2) is 5.82 Å². The lowest BCUT2D eigenvalue weighted by Gasteiger charge is -2.32. The lowest BCUT2D eigenvalue weighted by molar-refractivity contribution is -0.134. The van der Waals surface area contributed by atoms with Crippen LogP contribution in [0.5, 0.6) is 5.75 Å². The average Bonchev–Trinajstić information content (AvgIpc) is 3.28. The summed E-state index contributed by atoms with van der Waals surface area (Å²) in [5.41, 5.74) is 0.997. The number of para-hydroxylation sites is 1. The Morgan fingerprint density at radius 2 is 2.16 bits per heavy atom. The molecule has 1 amide bonds. The Morgan fingerprint density at radius 3 is 2.96 bits per heavy atom. The molecule has 6 heteroatoms. The quantitative estimate of drug-likeness (QED) is 0.858. The van der Waals surface area contributed by atoms with Gasteiger partial charge in [0.1, 0.15) is 18.3 Å². The predicted octanol–water partition coefficient (Wildman–Crippen LogP) is 3.08. The van der Waals surface area contributed by atoms with Crippen molar-refractivity contribution in [1.29, 1.82) is 0 Å². The van der Waals surface area contributed by atoms with Crippen molar-refractivity contribution in [2.24, 2.45) is 0 Å². The molecular formula is C19H23N3O3. The van der Waals surface area contributed by atoms with Gasteiger partial charge in [-0.3, -0.25) is 4.79 Å². The molecule has 0 aliphatic carbocycles. The second-order valence-corrected chi connectivity index (χ2v) is 7.17. The van der Waals surface area contributed by atoms with Crippen LogP contribution in [0.25, 0.3) is 0 Å². The van der Waals surface area contributed by atoms with Crippen molar-refractivity contribution < 1.29 is 14.1 Å². The summed E-state index contributed by atoms with van der Waals surface area (Å²) in [7, 11) is 0. The maximum Gasteiger partial charge on any atom is 0.233 e. The van der Waals surface area contributed by atoms with Gasteiger partial charge in [-0.1, -0.05) is 37.2 Å². The summed E-state index contributed by atoms with van der Waals surface area (Å²) in [6.45, 7) is 5.92. The van der Waals surface area contributed by atoms with E-state index in [1.165, 1.54) is 0 Å². The summed E-state index contributed by atoms with van der Waals surface area (Å²) in [5.74, 6) is 2.52. The molecule has 1 fully saturated rings. The zero-order valence-electron chi connectivity index (χ0n) is 14.6. The fourth-order valence-electron chi connectivity index (χ4n) is 3.62. The molecule has 2 aromatic rings.